The maximum atomic E-state index is 13.0. The predicted molar refractivity (Wildman–Crippen MR) is 138 cm³/mol. The molecule has 2 aliphatic heterocycles. The molecule has 5 rings (SSSR count). The molecule has 188 valence electrons. The van der Waals surface area contributed by atoms with Crippen molar-refractivity contribution in [1.82, 2.24) is 15.5 Å². The molecular weight excluding hydrogens is 478 g/mol. The van der Waals surface area contributed by atoms with Gasteiger partial charge in [0.05, 0.1) is 24.2 Å². The fraction of sp³-hybridized carbons (Fsp3) is 0.423. The Morgan fingerprint density at radius 1 is 1.06 bits per heavy atom. The van der Waals surface area contributed by atoms with E-state index in [1.807, 2.05) is 24.3 Å². The van der Waals surface area contributed by atoms with E-state index < -0.39 is 6.04 Å². The van der Waals surface area contributed by atoms with Crippen LogP contribution in [0.5, 0.6) is 0 Å². The summed E-state index contributed by atoms with van der Waals surface area (Å²) < 4.78 is 5.25. The molecule has 1 aromatic heterocycles. The fourth-order valence-corrected chi connectivity index (χ4v) is 5.65. The van der Waals surface area contributed by atoms with Crippen LogP contribution < -0.4 is 10.6 Å². The highest BCUT2D eigenvalue weighted by Gasteiger charge is 2.41. The Labute approximate surface area is 213 Å². The summed E-state index contributed by atoms with van der Waals surface area (Å²) in [6.07, 6.45) is 7.65. The average molecular weight is 508 g/mol. The van der Waals surface area contributed by atoms with Gasteiger partial charge in [0.2, 0.25) is 11.8 Å². The molecule has 2 N–H and O–H groups in total. The molecule has 0 bridgehead atoms. The topological polar surface area (TPSA) is 116 Å². The first-order valence-electron chi connectivity index (χ1n) is 12.4. The molecule has 0 radical (unpaired) electrons. The lowest BCUT2D eigenvalue weighted by Crippen LogP contribution is -2.45. The van der Waals surface area contributed by atoms with Gasteiger partial charge in [0.1, 0.15) is 17.6 Å². The first-order valence-corrected chi connectivity index (χ1v) is 13.4. The molecule has 1 aromatic carbocycles. The number of nitrogens with zero attached hydrogens (tertiary/aromatic N) is 3. The summed E-state index contributed by atoms with van der Waals surface area (Å²) in [5.41, 5.74) is 1.47. The number of hydrogen-bond acceptors (Lipinski definition) is 7. The van der Waals surface area contributed by atoms with Crippen LogP contribution in [0, 0.1) is 0 Å². The second kappa shape index (κ2) is 11.1. The van der Waals surface area contributed by atoms with Crippen LogP contribution in [-0.2, 0) is 20.9 Å². The smallest absolute Gasteiger partial charge is 0.270 e. The molecule has 1 unspecified atom stereocenters. The molecule has 3 heterocycles. The summed E-state index contributed by atoms with van der Waals surface area (Å²) in [6, 6.07) is 10.7. The van der Waals surface area contributed by atoms with Crippen molar-refractivity contribution in [3.05, 3.63) is 54.0 Å². The van der Waals surface area contributed by atoms with Gasteiger partial charge >= 0.3 is 0 Å². The molecular formula is C26H29N5O4S. The number of nitrogens with one attached hydrogen (secondary N) is 2. The molecule has 0 saturated heterocycles. The third kappa shape index (κ3) is 5.53. The lowest BCUT2D eigenvalue weighted by atomic mass is 9.95. The van der Waals surface area contributed by atoms with E-state index in [2.05, 4.69) is 15.6 Å². The number of amides is 3. The number of aliphatic imine (C=N–C) groups is 2. The number of thioether (sulfide) groups is 1. The average Bonchev–Trinajstić information content (AvgIpc) is 3.53. The highest BCUT2D eigenvalue weighted by molar-refractivity contribution is 8.14. The van der Waals surface area contributed by atoms with Crippen molar-refractivity contribution < 1.29 is 18.8 Å². The van der Waals surface area contributed by atoms with Gasteiger partial charge in [-0.3, -0.25) is 19.3 Å². The maximum Gasteiger partial charge on any atom is 0.270 e. The lowest BCUT2D eigenvalue weighted by molar-refractivity contribution is -0.123. The van der Waals surface area contributed by atoms with Gasteiger partial charge in [-0.05, 0) is 43.5 Å². The summed E-state index contributed by atoms with van der Waals surface area (Å²) in [5, 5.41) is 6.48. The summed E-state index contributed by atoms with van der Waals surface area (Å²) in [7, 11) is 0. The largest absolute Gasteiger partial charge is 0.467 e. The van der Waals surface area contributed by atoms with E-state index >= 15 is 0 Å². The van der Waals surface area contributed by atoms with Crippen molar-refractivity contribution in [2.75, 3.05) is 5.75 Å². The van der Waals surface area contributed by atoms with Crippen molar-refractivity contribution in [3.63, 3.8) is 0 Å². The Balaban J connectivity index is 1.26. The molecule has 1 fully saturated rings. The highest BCUT2D eigenvalue weighted by atomic mass is 32.2. The van der Waals surface area contributed by atoms with Gasteiger partial charge in [-0.2, -0.15) is 4.99 Å². The minimum atomic E-state index is -0.622. The van der Waals surface area contributed by atoms with Crippen molar-refractivity contribution >= 4 is 46.2 Å². The number of para-hydroxylation sites is 1. The highest BCUT2D eigenvalue weighted by Crippen LogP contribution is 2.35. The molecule has 36 heavy (non-hydrogen) atoms. The number of carbonyl (C=O) groups excluding carboxylic acids is 3. The van der Waals surface area contributed by atoms with Gasteiger partial charge in [0, 0.05) is 18.0 Å². The number of benzene rings is 1. The summed E-state index contributed by atoms with van der Waals surface area (Å²) in [4.78, 5) is 48.9. The zero-order chi connectivity index (χ0) is 24.9. The number of rotatable bonds is 8. The number of amidine groups is 2. The number of furan rings is 1. The van der Waals surface area contributed by atoms with E-state index in [9.17, 15) is 14.4 Å². The molecule has 0 spiro atoms. The second-order valence-corrected chi connectivity index (χ2v) is 10.1. The Bertz CT molecular complexity index is 1190. The third-order valence-electron chi connectivity index (χ3n) is 6.60. The zero-order valence-corrected chi connectivity index (χ0v) is 20.8. The molecule has 2 aromatic rings. The van der Waals surface area contributed by atoms with Crippen LogP contribution in [-0.4, -0.2) is 51.5 Å². The van der Waals surface area contributed by atoms with Crippen LogP contribution in [0.1, 0.15) is 56.3 Å². The van der Waals surface area contributed by atoms with Gasteiger partial charge in [0.15, 0.2) is 5.17 Å². The molecule has 1 aliphatic carbocycles. The van der Waals surface area contributed by atoms with Gasteiger partial charge in [0.25, 0.3) is 5.91 Å². The maximum absolute atomic E-state index is 13.0. The van der Waals surface area contributed by atoms with Crippen molar-refractivity contribution in [1.29, 1.82) is 0 Å². The quantitative estimate of drug-likeness (QED) is 0.565. The standard InChI is InChI=1S/C26H29N5O4S/c32-22(28-17-7-2-1-3-8-17)13-12-21-25(34)30-24-19-10-4-5-11-20(19)29-26(31(21)24)36-16-23(33)27-15-18-9-6-14-35-18/h4-6,9-11,14,17,21H,1-3,7-8,12-13,15-16H2,(H,27,33)(H,28,32). The van der Waals surface area contributed by atoms with Crippen molar-refractivity contribution in [2.45, 2.75) is 63.6 Å². The van der Waals surface area contributed by atoms with Crippen LogP contribution in [0.15, 0.2) is 57.1 Å². The number of carbonyl (C=O) groups is 3. The van der Waals surface area contributed by atoms with Crippen molar-refractivity contribution in [3.8, 4) is 0 Å². The Morgan fingerprint density at radius 3 is 2.69 bits per heavy atom. The number of hydrogen-bond donors (Lipinski definition) is 2. The first-order chi connectivity index (χ1) is 17.6. The Kier molecular flexibility index (Phi) is 7.50. The Hall–Kier alpha value is -3.40. The van der Waals surface area contributed by atoms with Gasteiger partial charge < -0.3 is 15.1 Å². The second-order valence-electron chi connectivity index (χ2n) is 9.16. The molecule has 1 saturated carbocycles. The number of fused-ring (bicyclic) bond motifs is 3. The minimum absolute atomic E-state index is 0.0380. The summed E-state index contributed by atoms with van der Waals surface area (Å²) in [5.74, 6) is 0.816. The zero-order valence-electron chi connectivity index (χ0n) is 19.9. The van der Waals surface area contributed by atoms with E-state index in [1.54, 1.807) is 23.3 Å². The molecule has 9 nitrogen and oxygen atoms in total. The first kappa shape index (κ1) is 24.3. The normalized spacial score (nSPS) is 19.3. The molecule has 1 atom stereocenters. The van der Waals surface area contributed by atoms with E-state index in [0.29, 0.717) is 35.4 Å². The van der Waals surface area contributed by atoms with E-state index in [1.165, 1.54) is 18.2 Å². The molecule has 3 aliphatic rings. The van der Waals surface area contributed by atoms with Gasteiger partial charge in [-0.25, -0.2) is 4.99 Å². The fourth-order valence-electron chi connectivity index (χ4n) is 4.77. The van der Waals surface area contributed by atoms with Gasteiger partial charge in [-0.1, -0.05) is 43.2 Å². The van der Waals surface area contributed by atoms with Crippen LogP contribution in [0.4, 0.5) is 5.69 Å². The van der Waals surface area contributed by atoms with Crippen LogP contribution in [0.2, 0.25) is 0 Å². The minimum Gasteiger partial charge on any atom is -0.467 e. The van der Waals surface area contributed by atoms with Crippen LogP contribution in [0.3, 0.4) is 0 Å². The van der Waals surface area contributed by atoms with Gasteiger partial charge in [-0.15, -0.1) is 0 Å². The predicted octanol–water partition coefficient (Wildman–Crippen LogP) is 3.52. The van der Waals surface area contributed by atoms with Crippen LogP contribution in [0.25, 0.3) is 0 Å². The van der Waals surface area contributed by atoms with Crippen molar-refractivity contribution in [2.24, 2.45) is 9.98 Å². The third-order valence-corrected chi connectivity index (χ3v) is 7.55. The van der Waals surface area contributed by atoms with E-state index in [0.717, 1.165) is 31.2 Å². The summed E-state index contributed by atoms with van der Waals surface area (Å²) >= 11 is 1.25. The Morgan fingerprint density at radius 2 is 1.89 bits per heavy atom. The van der Waals surface area contributed by atoms with E-state index in [4.69, 9.17) is 9.41 Å². The van der Waals surface area contributed by atoms with E-state index in [-0.39, 0.29) is 35.9 Å². The molecule has 3 amide bonds. The molecule has 10 heteroatoms. The summed E-state index contributed by atoms with van der Waals surface area (Å²) in [6.45, 7) is 0.301. The monoisotopic (exact) mass is 507 g/mol. The SMILES string of the molecule is O=C(CSC1=Nc2ccccc2C2=NC(=O)C(CCC(=O)NC3CCCCC3)N12)NCc1ccco1. The van der Waals surface area contributed by atoms with Crippen LogP contribution >= 0.6 is 11.8 Å². The lowest BCUT2D eigenvalue weighted by Gasteiger charge is -2.31.